The van der Waals surface area contributed by atoms with Crippen molar-refractivity contribution in [3.8, 4) is 11.3 Å². The van der Waals surface area contributed by atoms with E-state index in [1.165, 1.54) is 0 Å². The molecule has 31 heavy (non-hydrogen) atoms. The molecule has 0 bridgehead atoms. The highest BCUT2D eigenvalue weighted by molar-refractivity contribution is 5.90. The molecule has 158 valence electrons. The Balaban J connectivity index is 1.75. The van der Waals surface area contributed by atoms with Crippen LogP contribution in [0.1, 0.15) is 23.9 Å². The van der Waals surface area contributed by atoms with Gasteiger partial charge >= 0.3 is 0 Å². The highest BCUT2D eigenvalue weighted by atomic mass is 16.2. The van der Waals surface area contributed by atoms with Crippen molar-refractivity contribution in [3.05, 3.63) is 84.4 Å². The van der Waals surface area contributed by atoms with E-state index in [0.29, 0.717) is 17.2 Å². The second-order valence-electron chi connectivity index (χ2n) is 7.02. The third-order valence-electron chi connectivity index (χ3n) is 4.53. The second kappa shape index (κ2) is 9.62. The molecule has 3 rings (SSSR count). The Morgan fingerprint density at radius 2 is 2.03 bits per heavy atom. The number of carbonyl (C=O) groups excluding carboxylic acids is 1. The average Bonchev–Trinajstić information content (AvgIpc) is 3.01. The number of anilines is 1. The summed E-state index contributed by atoms with van der Waals surface area (Å²) in [5.74, 6) is 0.227. The molecule has 3 aromatic heterocycles. The number of aryl methyl sites for hydroxylation is 1. The van der Waals surface area contributed by atoms with E-state index < -0.39 is 0 Å². The van der Waals surface area contributed by atoms with Crippen molar-refractivity contribution in [2.45, 2.75) is 27.3 Å². The minimum absolute atomic E-state index is 0.0625. The highest BCUT2D eigenvalue weighted by Crippen LogP contribution is 2.25. The zero-order valence-corrected chi connectivity index (χ0v) is 17.8. The number of hydrogen-bond acceptors (Lipinski definition) is 6. The van der Waals surface area contributed by atoms with E-state index in [4.69, 9.17) is 5.73 Å². The van der Waals surface area contributed by atoms with Crippen LogP contribution in [0.2, 0.25) is 0 Å². The minimum atomic E-state index is -0.225. The third-order valence-corrected chi connectivity index (χ3v) is 4.53. The summed E-state index contributed by atoms with van der Waals surface area (Å²) >= 11 is 0. The zero-order chi connectivity index (χ0) is 22.4. The number of hydrogen-bond donors (Lipinski definition) is 2. The number of aromatic nitrogens is 5. The molecule has 3 N–H and O–H groups in total. The summed E-state index contributed by atoms with van der Waals surface area (Å²) in [4.78, 5) is 25.2. The molecule has 0 atom stereocenters. The molecule has 1 amide bonds. The fraction of sp³-hybridized carbons (Fsp3) is 0.174. The van der Waals surface area contributed by atoms with Crippen molar-refractivity contribution in [1.82, 2.24) is 24.7 Å². The molecule has 0 aliphatic carbocycles. The molecule has 0 unspecified atom stereocenters. The van der Waals surface area contributed by atoms with Crippen molar-refractivity contribution in [2.24, 2.45) is 5.73 Å². The predicted octanol–water partition coefficient (Wildman–Crippen LogP) is 3.42. The normalized spacial score (nSPS) is 12.0. The van der Waals surface area contributed by atoms with Crippen LogP contribution in [0.3, 0.4) is 0 Å². The standard InChI is InChI=1S/C23H25N7O/c1-5-6-18(11-15(2)24)23-16(3)29-30(17(23)4)14-22(31)28-21-8-7-19(12-27-21)20-13-25-9-10-26-20/h5-13H,1,14,24H2,2-4H3,(H,27,28,31)/b15-11+,18-6+. The molecule has 0 saturated carbocycles. The molecule has 3 heterocycles. The Morgan fingerprint density at radius 1 is 1.23 bits per heavy atom. The van der Waals surface area contributed by atoms with Gasteiger partial charge in [0.15, 0.2) is 0 Å². The summed E-state index contributed by atoms with van der Waals surface area (Å²) in [6.45, 7) is 9.48. The number of nitrogens with zero attached hydrogens (tertiary/aromatic N) is 5. The number of rotatable bonds is 7. The largest absolute Gasteiger partial charge is 0.402 e. The summed E-state index contributed by atoms with van der Waals surface area (Å²) in [5, 5.41) is 7.33. The predicted molar refractivity (Wildman–Crippen MR) is 122 cm³/mol. The van der Waals surface area contributed by atoms with E-state index in [1.807, 2.05) is 39.0 Å². The van der Waals surface area contributed by atoms with Gasteiger partial charge in [-0.05, 0) is 44.6 Å². The lowest BCUT2D eigenvalue weighted by molar-refractivity contribution is -0.117. The van der Waals surface area contributed by atoms with E-state index in [0.717, 1.165) is 28.1 Å². The summed E-state index contributed by atoms with van der Waals surface area (Å²) in [5.41, 5.74) is 11.6. The van der Waals surface area contributed by atoms with Gasteiger partial charge in [0, 0.05) is 41.1 Å². The van der Waals surface area contributed by atoms with E-state index >= 15 is 0 Å². The first-order valence-corrected chi connectivity index (χ1v) is 9.72. The molecule has 0 aliphatic rings. The molecule has 3 aromatic rings. The smallest absolute Gasteiger partial charge is 0.247 e. The maximum absolute atomic E-state index is 12.6. The van der Waals surface area contributed by atoms with Gasteiger partial charge in [0.1, 0.15) is 12.4 Å². The zero-order valence-electron chi connectivity index (χ0n) is 17.8. The van der Waals surface area contributed by atoms with Gasteiger partial charge < -0.3 is 11.1 Å². The minimum Gasteiger partial charge on any atom is -0.402 e. The van der Waals surface area contributed by atoms with Crippen molar-refractivity contribution < 1.29 is 4.79 Å². The molecular formula is C23H25N7O. The Morgan fingerprint density at radius 3 is 2.65 bits per heavy atom. The molecule has 8 heteroatoms. The van der Waals surface area contributed by atoms with Crippen LogP contribution < -0.4 is 11.1 Å². The van der Waals surface area contributed by atoms with Crippen LogP contribution in [0.25, 0.3) is 16.8 Å². The van der Waals surface area contributed by atoms with Crippen LogP contribution in [-0.2, 0) is 11.3 Å². The quantitative estimate of drug-likeness (QED) is 0.572. The van der Waals surface area contributed by atoms with Gasteiger partial charge in [-0.25, -0.2) is 4.98 Å². The van der Waals surface area contributed by atoms with E-state index in [-0.39, 0.29) is 12.5 Å². The Bertz CT molecular complexity index is 1140. The lowest BCUT2D eigenvalue weighted by Gasteiger charge is -2.08. The summed E-state index contributed by atoms with van der Waals surface area (Å²) in [7, 11) is 0. The number of allylic oxidation sites excluding steroid dienone is 5. The number of amides is 1. The maximum atomic E-state index is 12.6. The van der Waals surface area contributed by atoms with Gasteiger partial charge in [-0.3, -0.25) is 19.4 Å². The van der Waals surface area contributed by atoms with Gasteiger partial charge in [-0.2, -0.15) is 5.10 Å². The van der Waals surface area contributed by atoms with Crippen LogP contribution in [0.5, 0.6) is 0 Å². The molecule has 0 aromatic carbocycles. The summed E-state index contributed by atoms with van der Waals surface area (Å²) in [6.07, 6.45) is 12.0. The maximum Gasteiger partial charge on any atom is 0.247 e. The van der Waals surface area contributed by atoms with Crippen molar-refractivity contribution >= 4 is 17.3 Å². The van der Waals surface area contributed by atoms with E-state index in [1.54, 1.807) is 41.6 Å². The van der Waals surface area contributed by atoms with Gasteiger partial charge in [-0.15, -0.1) is 0 Å². The highest BCUT2D eigenvalue weighted by Gasteiger charge is 2.16. The summed E-state index contributed by atoms with van der Waals surface area (Å²) in [6, 6.07) is 3.57. The molecule has 0 spiro atoms. The molecular weight excluding hydrogens is 390 g/mol. The van der Waals surface area contributed by atoms with E-state index in [2.05, 4.69) is 31.9 Å². The SMILES string of the molecule is C=C/C=C(\C=C(/C)N)c1c(C)nn(CC(=O)Nc2ccc(-c3cnccn3)cn2)c1C. The fourth-order valence-electron chi connectivity index (χ4n) is 3.23. The summed E-state index contributed by atoms with van der Waals surface area (Å²) < 4.78 is 1.67. The number of pyridine rings is 1. The lowest BCUT2D eigenvalue weighted by Crippen LogP contribution is -2.21. The first-order chi connectivity index (χ1) is 14.9. The van der Waals surface area contributed by atoms with Crippen molar-refractivity contribution in [2.75, 3.05) is 5.32 Å². The van der Waals surface area contributed by atoms with Gasteiger partial charge in [0.05, 0.1) is 17.6 Å². The molecule has 0 fully saturated rings. The van der Waals surface area contributed by atoms with Crippen LogP contribution in [0, 0.1) is 13.8 Å². The Labute approximate surface area is 181 Å². The van der Waals surface area contributed by atoms with Crippen LogP contribution in [0.15, 0.2) is 67.4 Å². The average molecular weight is 416 g/mol. The van der Waals surface area contributed by atoms with Crippen molar-refractivity contribution in [3.63, 3.8) is 0 Å². The van der Waals surface area contributed by atoms with Crippen LogP contribution in [0.4, 0.5) is 5.82 Å². The lowest BCUT2D eigenvalue weighted by atomic mass is 10.0. The number of carbonyl (C=O) groups is 1. The van der Waals surface area contributed by atoms with Gasteiger partial charge in [-0.1, -0.05) is 18.7 Å². The molecule has 8 nitrogen and oxygen atoms in total. The topological polar surface area (TPSA) is 112 Å². The van der Waals surface area contributed by atoms with Gasteiger partial charge in [0.25, 0.3) is 0 Å². The van der Waals surface area contributed by atoms with E-state index in [9.17, 15) is 4.79 Å². The fourth-order valence-corrected chi connectivity index (χ4v) is 3.23. The second-order valence-corrected chi connectivity index (χ2v) is 7.02. The number of nitrogens with one attached hydrogen (secondary N) is 1. The Hall–Kier alpha value is -4.07. The first-order valence-electron chi connectivity index (χ1n) is 9.72. The van der Waals surface area contributed by atoms with Crippen LogP contribution >= 0.6 is 0 Å². The van der Waals surface area contributed by atoms with Gasteiger partial charge in [0.2, 0.25) is 5.91 Å². The first kappa shape index (κ1) is 21.6. The number of nitrogens with two attached hydrogens (primary N) is 1. The van der Waals surface area contributed by atoms with Crippen molar-refractivity contribution in [1.29, 1.82) is 0 Å². The third kappa shape index (κ3) is 5.30. The monoisotopic (exact) mass is 415 g/mol. The molecule has 0 radical (unpaired) electrons. The molecule has 0 aliphatic heterocycles. The van der Waals surface area contributed by atoms with Crippen LogP contribution in [-0.4, -0.2) is 30.6 Å². The molecule has 0 saturated heterocycles. The Kier molecular flexibility index (Phi) is 6.71.